The molecule has 5 aliphatic rings. The summed E-state index contributed by atoms with van der Waals surface area (Å²) in [6.07, 6.45) is 6.90. The van der Waals surface area contributed by atoms with Crippen molar-refractivity contribution in [2.75, 3.05) is 14.1 Å². The van der Waals surface area contributed by atoms with Crippen LogP contribution in [0.25, 0.3) is 0 Å². The summed E-state index contributed by atoms with van der Waals surface area (Å²) in [5.41, 5.74) is -2.53. The van der Waals surface area contributed by atoms with Crippen LogP contribution in [-0.4, -0.2) is 117 Å². The van der Waals surface area contributed by atoms with Gasteiger partial charge in [0.1, 0.15) is 11.8 Å². The number of urea groups is 1. The molecule has 0 aliphatic carbocycles. The number of carboxylic acids is 1. The predicted octanol–water partition coefficient (Wildman–Crippen LogP) is 6.86. The minimum atomic E-state index is -1.31. The van der Waals surface area contributed by atoms with Crippen molar-refractivity contribution in [2.24, 2.45) is 41.4 Å². The maximum absolute atomic E-state index is 14.7. The number of carbonyl (C=O) groups excluding carboxylic acids is 2. The number of carbonyl (C=O) groups is 3. The van der Waals surface area contributed by atoms with Gasteiger partial charge in [-0.2, -0.15) is 0 Å². The van der Waals surface area contributed by atoms with Gasteiger partial charge in [0.2, 0.25) is 0 Å². The molecule has 1 unspecified atom stereocenters. The lowest BCUT2D eigenvalue weighted by atomic mass is 9.68. The molecule has 4 N–H and O–H groups in total. The number of hydrogen-bond acceptors (Lipinski definition) is 10. The number of aliphatic hydroxyl groups is 2. The monoisotopic (exact) mass is 835 g/mol. The number of ketones is 1. The van der Waals surface area contributed by atoms with Crippen molar-refractivity contribution in [2.45, 2.75) is 205 Å². The summed E-state index contributed by atoms with van der Waals surface area (Å²) in [6.45, 7) is 21.6. The average Bonchev–Trinajstić information content (AvgIpc) is 3.53. The van der Waals surface area contributed by atoms with E-state index in [-0.39, 0.29) is 41.8 Å². The van der Waals surface area contributed by atoms with E-state index >= 15 is 0 Å². The Morgan fingerprint density at radius 2 is 1.56 bits per heavy atom. The molecule has 2 amide bonds. The summed E-state index contributed by atoms with van der Waals surface area (Å²) in [7, 11) is 3.37. The van der Waals surface area contributed by atoms with Gasteiger partial charge in [-0.05, 0) is 96.5 Å². The molecule has 0 bridgehead atoms. The lowest BCUT2D eigenvalue weighted by Gasteiger charge is -2.55. The number of nitrogens with one attached hydrogen (secondary N) is 1. The third kappa shape index (κ3) is 8.91. The maximum atomic E-state index is 14.7. The molecule has 0 saturated carbocycles. The van der Waals surface area contributed by atoms with Crippen molar-refractivity contribution in [3.63, 3.8) is 0 Å². The Balaban J connectivity index is 1.40. The molecule has 338 valence electrons. The lowest BCUT2D eigenvalue weighted by molar-refractivity contribution is -0.397. The first-order chi connectivity index (χ1) is 27.5. The van der Waals surface area contributed by atoms with Crippen molar-refractivity contribution in [1.82, 2.24) is 10.2 Å². The molecule has 4 fully saturated rings. The summed E-state index contributed by atoms with van der Waals surface area (Å²) in [5, 5.41) is 36.2. The molecular formula is C46H78N2O11. The highest BCUT2D eigenvalue weighted by atomic mass is 16.8. The van der Waals surface area contributed by atoms with Gasteiger partial charge in [-0.3, -0.25) is 9.59 Å². The van der Waals surface area contributed by atoms with Gasteiger partial charge in [0, 0.05) is 44.2 Å². The van der Waals surface area contributed by atoms with E-state index in [9.17, 15) is 29.7 Å². The molecule has 13 nitrogen and oxygen atoms in total. The number of carboxylic acid groups (broad SMARTS) is 1. The standard InChI is InChI=1S/C46H78N2O11/c1-14-32(40(51)52)34-18-17-27(5)43(11,56-34)30(8)37(49)29(7)38(50)33(15-2)39-26(4)25-28(6)45(57-39)22-19-35(47-41(53)48(12)13)46(59-45)24-23-42(10,58-46)36-20-21-44(54,16-3)31(9)55-36/h19,22,26-37,39,49,54H,14-18,20-21,23-25H2,1-13H3,(H,47,53)(H,51,52)/t26-,27-,28+,29-,30-,31-,32+,33-,34+,35+,36+,37+,39-,42-,43?,44+,45-,46-/m0/s1. The van der Waals surface area contributed by atoms with Crippen LogP contribution >= 0.6 is 0 Å². The molecule has 0 radical (unpaired) electrons. The van der Waals surface area contributed by atoms with E-state index in [1.807, 2.05) is 60.6 Å². The maximum Gasteiger partial charge on any atom is 0.317 e. The molecule has 0 aromatic rings. The Kier molecular flexibility index (Phi) is 14.6. The van der Waals surface area contributed by atoms with Crippen molar-refractivity contribution in [1.29, 1.82) is 0 Å². The molecule has 5 aliphatic heterocycles. The molecule has 0 aromatic heterocycles. The first-order valence-electron chi connectivity index (χ1n) is 22.7. The van der Waals surface area contributed by atoms with Crippen LogP contribution in [0.3, 0.4) is 0 Å². The van der Waals surface area contributed by atoms with Crippen molar-refractivity contribution < 1.29 is 53.4 Å². The van der Waals surface area contributed by atoms with E-state index in [2.05, 4.69) is 26.1 Å². The number of amides is 2. The van der Waals surface area contributed by atoms with Crippen LogP contribution in [0.1, 0.15) is 140 Å². The van der Waals surface area contributed by atoms with Gasteiger partial charge in [0.05, 0.1) is 53.2 Å². The Morgan fingerprint density at radius 3 is 2.14 bits per heavy atom. The second kappa shape index (κ2) is 17.9. The lowest BCUT2D eigenvalue weighted by Crippen LogP contribution is -2.66. The zero-order valence-electron chi connectivity index (χ0n) is 38.3. The normalized spacial score (nSPS) is 43.8. The van der Waals surface area contributed by atoms with E-state index in [4.69, 9.17) is 23.7 Å². The highest BCUT2D eigenvalue weighted by molar-refractivity contribution is 5.84. The van der Waals surface area contributed by atoms with Crippen LogP contribution in [0.2, 0.25) is 0 Å². The van der Waals surface area contributed by atoms with Crippen molar-refractivity contribution >= 4 is 17.8 Å². The molecule has 13 heteroatoms. The highest BCUT2D eigenvalue weighted by Crippen LogP contribution is 2.54. The first-order valence-corrected chi connectivity index (χ1v) is 22.7. The SMILES string of the molecule is CC[C@@H](C(=O)[C@@H](C)[C@@H](O)[C@H](C)C1(C)O[C@@H]([C@@H](CC)C(=O)O)CC[C@@H]1C)[C@H]1O[C@]2(C=C[C@@H](NC(=O)N(C)C)[C@]3(CC[C@@](C)([C@H]4CC[C@](O)(CC)[C@H](C)O4)O3)O2)[C@H](C)C[C@@H]1C. The second-order valence-corrected chi connectivity index (χ2v) is 19.8. The fraction of sp³-hybridized carbons (Fsp3) is 0.891. The van der Waals surface area contributed by atoms with E-state index in [0.717, 1.165) is 6.42 Å². The van der Waals surface area contributed by atoms with Crippen molar-refractivity contribution in [3.05, 3.63) is 12.2 Å². The molecule has 4 saturated heterocycles. The largest absolute Gasteiger partial charge is 0.481 e. The number of rotatable bonds is 13. The number of nitrogens with zero attached hydrogens (tertiary/aromatic N) is 1. The van der Waals surface area contributed by atoms with Crippen LogP contribution < -0.4 is 5.32 Å². The quantitative estimate of drug-likeness (QED) is 0.143. The van der Waals surface area contributed by atoms with Gasteiger partial charge >= 0.3 is 12.0 Å². The Bertz CT molecular complexity index is 1540. The summed E-state index contributed by atoms with van der Waals surface area (Å²) >= 11 is 0. The summed E-state index contributed by atoms with van der Waals surface area (Å²) in [5.74, 6) is -6.09. The average molecular weight is 835 g/mol. The summed E-state index contributed by atoms with van der Waals surface area (Å²) < 4.78 is 34.6. The zero-order valence-corrected chi connectivity index (χ0v) is 38.3. The second-order valence-electron chi connectivity index (χ2n) is 19.8. The van der Waals surface area contributed by atoms with Crippen LogP contribution in [-0.2, 0) is 33.3 Å². The molecule has 18 atom stereocenters. The minimum absolute atomic E-state index is 0.0171. The third-order valence-corrected chi connectivity index (χ3v) is 16.0. The fourth-order valence-electron chi connectivity index (χ4n) is 11.2. The van der Waals surface area contributed by atoms with Crippen LogP contribution in [0.5, 0.6) is 0 Å². The zero-order chi connectivity index (χ0) is 44.0. The van der Waals surface area contributed by atoms with E-state index in [1.165, 1.54) is 4.90 Å². The first kappa shape index (κ1) is 47.9. The number of hydrogen-bond donors (Lipinski definition) is 4. The molecule has 59 heavy (non-hydrogen) atoms. The van der Waals surface area contributed by atoms with E-state index in [1.54, 1.807) is 21.0 Å². The van der Waals surface area contributed by atoms with E-state index < -0.39 is 82.4 Å². The smallest absolute Gasteiger partial charge is 0.317 e. The van der Waals surface area contributed by atoms with Crippen LogP contribution in [0, 0.1) is 41.4 Å². The topological polar surface area (TPSA) is 173 Å². The third-order valence-electron chi connectivity index (χ3n) is 16.0. The number of aliphatic carboxylic acids is 1. The van der Waals surface area contributed by atoms with Gasteiger partial charge in [-0.25, -0.2) is 4.79 Å². The number of aliphatic hydroxyl groups excluding tert-OH is 1. The molecule has 5 heterocycles. The van der Waals surface area contributed by atoms with Crippen LogP contribution in [0.15, 0.2) is 12.2 Å². The fourth-order valence-corrected chi connectivity index (χ4v) is 11.2. The minimum Gasteiger partial charge on any atom is -0.481 e. The number of ether oxygens (including phenoxy) is 5. The Morgan fingerprint density at radius 1 is 0.898 bits per heavy atom. The Hall–Kier alpha value is -2.13. The van der Waals surface area contributed by atoms with Gasteiger partial charge < -0.3 is 49.2 Å². The van der Waals surface area contributed by atoms with Gasteiger partial charge in [0.25, 0.3) is 0 Å². The van der Waals surface area contributed by atoms with Crippen LogP contribution in [0.4, 0.5) is 4.79 Å². The predicted molar refractivity (Wildman–Crippen MR) is 223 cm³/mol. The molecule has 5 rings (SSSR count). The Labute approximate surface area is 353 Å². The molecular weight excluding hydrogens is 757 g/mol. The van der Waals surface area contributed by atoms with E-state index in [0.29, 0.717) is 57.8 Å². The van der Waals surface area contributed by atoms with Gasteiger partial charge in [0.15, 0.2) is 11.6 Å². The van der Waals surface area contributed by atoms with Gasteiger partial charge in [-0.15, -0.1) is 0 Å². The van der Waals surface area contributed by atoms with Crippen molar-refractivity contribution in [3.8, 4) is 0 Å². The summed E-state index contributed by atoms with van der Waals surface area (Å²) in [4.78, 5) is 41.5. The number of Topliss-reactive ketones (excluding diaryl/α,β-unsaturated/α-hetero) is 1. The van der Waals surface area contributed by atoms with Gasteiger partial charge in [-0.1, -0.05) is 61.5 Å². The highest BCUT2D eigenvalue weighted by Gasteiger charge is 2.63. The molecule has 0 aromatic carbocycles. The summed E-state index contributed by atoms with van der Waals surface area (Å²) in [6, 6.07) is -0.945. The molecule has 2 spiro atoms.